The largest absolute Gasteiger partial charge is 0.419 e. The number of hydrogen-bond donors (Lipinski definition) is 0. The highest BCUT2D eigenvalue weighted by Crippen LogP contribution is 2.32. The summed E-state index contributed by atoms with van der Waals surface area (Å²) in [4.78, 5) is 0. The average molecular weight is 215 g/mol. The second-order valence-corrected chi connectivity index (χ2v) is 2.70. The maximum absolute atomic E-state index is 12.8. The van der Waals surface area contributed by atoms with Gasteiger partial charge in [0.2, 0.25) is 0 Å². The summed E-state index contributed by atoms with van der Waals surface area (Å²) >= 11 is 0. The summed E-state index contributed by atoms with van der Waals surface area (Å²) in [5, 5.41) is 8.18. The third-order valence-corrected chi connectivity index (χ3v) is 1.65. The second-order valence-electron chi connectivity index (χ2n) is 2.70. The minimum Gasteiger partial charge on any atom is -0.206 e. The number of halogens is 4. The van der Waals surface area contributed by atoms with Crippen molar-refractivity contribution in [3.05, 3.63) is 41.2 Å². The van der Waals surface area contributed by atoms with Crippen LogP contribution in [0.15, 0.2) is 24.3 Å². The summed E-state index contributed by atoms with van der Waals surface area (Å²) in [6, 6.07) is 4.18. The van der Waals surface area contributed by atoms with Crippen molar-refractivity contribution in [3.8, 4) is 6.07 Å². The van der Waals surface area contributed by atoms with Crippen LogP contribution in [0.1, 0.15) is 11.1 Å². The number of benzene rings is 1. The molecule has 0 aliphatic carbocycles. The van der Waals surface area contributed by atoms with E-state index in [1.54, 1.807) is 6.07 Å². The Hall–Kier alpha value is -1.83. The second kappa shape index (κ2) is 4.13. The van der Waals surface area contributed by atoms with Gasteiger partial charge in [0.25, 0.3) is 0 Å². The highest BCUT2D eigenvalue weighted by molar-refractivity contribution is 5.53. The van der Waals surface area contributed by atoms with Gasteiger partial charge in [0.1, 0.15) is 5.82 Å². The Kier molecular flexibility index (Phi) is 3.10. The summed E-state index contributed by atoms with van der Waals surface area (Å²) in [6.07, 6.45) is -2.53. The molecule has 0 saturated carbocycles. The Balaban J connectivity index is 3.18. The minimum absolute atomic E-state index is 0.130. The number of nitrogens with zero attached hydrogens (tertiary/aromatic N) is 1. The highest BCUT2D eigenvalue weighted by Gasteiger charge is 2.33. The predicted octanol–water partition coefficient (Wildman–Crippen LogP) is 3.38. The van der Waals surface area contributed by atoms with Crippen LogP contribution in [0.4, 0.5) is 17.6 Å². The molecule has 0 aliphatic heterocycles. The lowest BCUT2D eigenvalue weighted by Crippen LogP contribution is -2.08. The van der Waals surface area contributed by atoms with Gasteiger partial charge in [-0.1, -0.05) is 6.07 Å². The Morgan fingerprint density at radius 1 is 1.27 bits per heavy atom. The van der Waals surface area contributed by atoms with E-state index in [9.17, 15) is 17.6 Å². The Bertz CT molecular complexity index is 426. The first-order valence-corrected chi connectivity index (χ1v) is 3.88. The molecule has 0 amide bonds. The smallest absolute Gasteiger partial charge is 0.206 e. The molecule has 15 heavy (non-hydrogen) atoms. The lowest BCUT2D eigenvalue weighted by atomic mass is 10.1. The number of nitriles is 1. The molecular weight excluding hydrogens is 210 g/mol. The van der Waals surface area contributed by atoms with E-state index < -0.39 is 17.6 Å². The van der Waals surface area contributed by atoms with Gasteiger partial charge in [0.05, 0.1) is 11.6 Å². The van der Waals surface area contributed by atoms with Gasteiger partial charge in [-0.3, -0.25) is 0 Å². The highest BCUT2D eigenvalue weighted by atomic mass is 19.4. The molecule has 0 spiro atoms. The number of alkyl halides is 3. The zero-order chi connectivity index (χ0) is 11.5. The molecule has 0 N–H and O–H groups in total. The van der Waals surface area contributed by atoms with E-state index in [1.807, 2.05) is 0 Å². The maximum Gasteiger partial charge on any atom is 0.419 e. The van der Waals surface area contributed by atoms with Gasteiger partial charge in [-0.05, 0) is 23.8 Å². The van der Waals surface area contributed by atoms with Crippen molar-refractivity contribution in [2.75, 3.05) is 0 Å². The fraction of sp³-hybridized carbons (Fsp3) is 0.100. The monoisotopic (exact) mass is 215 g/mol. The van der Waals surface area contributed by atoms with Crippen molar-refractivity contribution < 1.29 is 17.6 Å². The van der Waals surface area contributed by atoms with E-state index >= 15 is 0 Å². The van der Waals surface area contributed by atoms with E-state index in [1.165, 1.54) is 12.1 Å². The Morgan fingerprint density at radius 3 is 2.47 bits per heavy atom. The van der Waals surface area contributed by atoms with Crippen molar-refractivity contribution >= 4 is 6.08 Å². The molecule has 78 valence electrons. The lowest BCUT2D eigenvalue weighted by molar-refractivity contribution is -0.140. The summed E-state index contributed by atoms with van der Waals surface area (Å²) in [7, 11) is 0. The third-order valence-electron chi connectivity index (χ3n) is 1.65. The van der Waals surface area contributed by atoms with Crippen LogP contribution in [0.25, 0.3) is 6.08 Å². The van der Waals surface area contributed by atoms with Gasteiger partial charge in [-0.15, -0.1) is 0 Å². The number of rotatable bonds is 1. The summed E-state index contributed by atoms with van der Waals surface area (Å²) in [5.74, 6) is -1.32. The SMILES string of the molecule is N#C/C=C/c1ccc(F)c(C(F)(F)F)c1. The third kappa shape index (κ3) is 2.81. The van der Waals surface area contributed by atoms with Crippen molar-refractivity contribution in [3.63, 3.8) is 0 Å². The van der Waals surface area contributed by atoms with Crippen molar-refractivity contribution in [1.29, 1.82) is 5.26 Å². The van der Waals surface area contributed by atoms with Crippen molar-refractivity contribution in [1.82, 2.24) is 0 Å². The average Bonchev–Trinajstić information content (AvgIpc) is 2.15. The molecule has 0 unspecified atom stereocenters. The van der Waals surface area contributed by atoms with E-state index in [2.05, 4.69) is 0 Å². The Labute approximate surface area is 83.3 Å². The van der Waals surface area contributed by atoms with Crippen LogP contribution in [0, 0.1) is 17.1 Å². The van der Waals surface area contributed by atoms with Crippen molar-refractivity contribution in [2.45, 2.75) is 6.18 Å². The fourth-order valence-electron chi connectivity index (χ4n) is 0.997. The van der Waals surface area contributed by atoms with Gasteiger partial charge in [0, 0.05) is 6.08 Å². The quantitative estimate of drug-likeness (QED) is 0.520. The van der Waals surface area contributed by atoms with Crippen LogP contribution in [0.2, 0.25) is 0 Å². The van der Waals surface area contributed by atoms with Crippen LogP contribution < -0.4 is 0 Å². The van der Waals surface area contributed by atoms with Gasteiger partial charge < -0.3 is 0 Å². The zero-order valence-corrected chi connectivity index (χ0v) is 7.35. The van der Waals surface area contributed by atoms with E-state index in [0.29, 0.717) is 6.07 Å². The van der Waals surface area contributed by atoms with E-state index in [0.717, 1.165) is 12.1 Å². The summed E-state index contributed by atoms with van der Waals surface area (Å²) in [5.41, 5.74) is -1.20. The topological polar surface area (TPSA) is 23.8 Å². The molecule has 5 heteroatoms. The molecule has 1 aromatic carbocycles. The van der Waals surface area contributed by atoms with Gasteiger partial charge in [-0.2, -0.15) is 18.4 Å². The Morgan fingerprint density at radius 2 is 1.93 bits per heavy atom. The van der Waals surface area contributed by atoms with Gasteiger partial charge >= 0.3 is 6.18 Å². The molecule has 0 radical (unpaired) electrons. The van der Waals surface area contributed by atoms with E-state index in [-0.39, 0.29) is 5.56 Å². The van der Waals surface area contributed by atoms with Crippen LogP contribution >= 0.6 is 0 Å². The molecule has 1 nitrogen and oxygen atoms in total. The minimum atomic E-state index is -4.72. The van der Waals surface area contributed by atoms with Crippen LogP contribution in [0.5, 0.6) is 0 Å². The molecule has 0 saturated heterocycles. The van der Waals surface area contributed by atoms with Crippen LogP contribution in [-0.2, 0) is 6.18 Å². The van der Waals surface area contributed by atoms with E-state index in [4.69, 9.17) is 5.26 Å². The van der Waals surface area contributed by atoms with Crippen LogP contribution in [-0.4, -0.2) is 0 Å². The molecule has 1 rings (SSSR count). The van der Waals surface area contributed by atoms with Crippen LogP contribution in [0.3, 0.4) is 0 Å². The van der Waals surface area contributed by atoms with Gasteiger partial charge in [-0.25, -0.2) is 4.39 Å². The summed E-state index contributed by atoms with van der Waals surface area (Å²) in [6.45, 7) is 0. The molecule has 0 bridgehead atoms. The van der Waals surface area contributed by atoms with Gasteiger partial charge in [0.15, 0.2) is 0 Å². The predicted molar refractivity (Wildman–Crippen MR) is 46.0 cm³/mol. The first-order chi connectivity index (χ1) is 6.95. The zero-order valence-electron chi connectivity index (χ0n) is 7.35. The fourth-order valence-corrected chi connectivity index (χ4v) is 0.997. The number of hydrogen-bond acceptors (Lipinski definition) is 1. The molecule has 0 heterocycles. The molecule has 0 fully saturated rings. The molecular formula is C10H5F4N. The molecule has 0 atom stereocenters. The maximum atomic E-state index is 12.8. The molecule has 0 aromatic heterocycles. The first kappa shape index (κ1) is 11.2. The first-order valence-electron chi connectivity index (χ1n) is 3.88. The number of allylic oxidation sites excluding steroid dienone is 1. The lowest BCUT2D eigenvalue weighted by Gasteiger charge is -2.08. The molecule has 0 aliphatic rings. The molecule has 1 aromatic rings. The van der Waals surface area contributed by atoms with Crippen molar-refractivity contribution in [2.24, 2.45) is 0 Å². The summed E-state index contributed by atoms with van der Waals surface area (Å²) < 4.78 is 49.4. The standard InChI is InChI=1S/C10H5F4N/c11-9-4-3-7(2-1-5-15)6-8(9)10(12,13)14/h1-4,6H/b2-1+. The normalized spacial score (nSPS) is 11.7.